The fourth-order valence-electron chi connectivity index (χ4n) is 3.41. The van der Waals surface area contributed by atoms with Crippen LogP contribution in [0.15, 0.2) is 52.4 Å². The van der Waals surface area contributed by atoms with Gasteiger partial charge in [0.2, 0.25) is 5.91 Å². The average molecular weight is 565 g/mol. The number of hydrogen-bond acceptors (Lipinski definition) is 8. The third-order valence-electron chi connectivity index (χ3n) is 4.67. The number of nitrogens with zero attached hydrogens (tertiary/aromatic N) is 4. The number of amides is 1. The molecule has 1 unspecified atom stereocenters. The lowest BCUT2D eigenvalue weighted by atomic mass is 10.2. The number of fused-ring (bicyclic) bond motifs is 1. The first-order valence-corrected chi connectivity index (χ1v) is 12.4. The number of carbonyl (C=O) groups is 2. The third-order valence-corrected chi connectivity index (χ3v) is 6.41. The standard InChI is InChI=1S/C22H25BrN6O5S/c1-22(2,3)34-19(31)12-27-16-9-8-15(29(32)33)10-17(16)35-21(27)28(18(30)11-23)14-6-4-13(5-7-14)26-20(24)25/h4-10,21H,11-12H2,1-3H3,(H4,24,25,26). The van der Waals surface area contributed by atoms with E-state index in [4.69, 9.17) is 16.2 Å². The first kappa shape index (κ1) is 26.3. The lowest BCUT2D eigenvalue weighted by Gasteiger charge is -2.35. The van der Waals surface area contributed by atoms with Crippen LogP contribution in [0.2, 0.25) is 0 Å². The van der Waals surface area contributed by atoms with Crippen LogP contribution in [-0.2, 0) is 14.3 Å². The van der Waals surface area contributed by atoms with Gasteiger partial charge in [-0.2, -0.15) is 0 Å². The molecule has 4 N–H and O–H groups in total. The van der Waals surface area contributed by atoms with Crippen molar-refractivity contribution in [1.29, 1.82) is 0 Å². The molecule has 13 heteroatoms. The normalized spacial score (nSPS) is 14.7. The number of halogens is 1. The maximum absolute atomic E-state index is 13.1. The molecule has 0 spiro atoms. The van der Waals surface area contributed by atoms with E-state index in [-0.39, 0.29) is 29.4 Å². The van der Waals surface area contributed by atoms with Gasteiger partial charge in [-0.15, -0.1) is 0 Å². The molecule has 0 aromatic heterocycles. The minimum Gasteiger partial charge on any atom is -0.459 e. The number of nitro benzene ring substituents is 1. The van der Waals surface area contributed by atoms with Crippen molar-refractivity contribution in [3.8, 4) is 0 Å². The van der Waals surface area contributed by atoms with Gasteiger partial charge in [0.15, 0.2) is 11.5 Å². The maximum atomic E-state index is 13.1. The minimum absolute atomic E-state index is 0.0104. The summed E-state index contributed by atoms with van der Waals surface area (Å²) in [5.74, 6) is -0.879. The Kier molecular flexibility index (Phi) is 7.90. The van der Waals surface area contributed by atoms with Crippen molar-refractivity contribution in [2.24, 2.45) is 16.5 Å². The molecular weight excluding hydrogens is 540 g/mol. The highest BCUT2D eigenvalue weighted by Gasteiger charge is 2.40. The number of nitrogens with two attached hydrogens (primary N) is 2. The molecule has 2 aromatic rings. The Labute approximate surface area is 214 Å². The molecule has 0 aliphatic carbocycles. The average Bonchev–Trinajstić information content (AvgIpc) is 3.10. The second-order valence-electron chi connectivity index (χ2n) is 8.52. The number of rotatable bonds is 7. The highest BCUT2D eigenvalue weighted by atomic mass is 79.9. The Hall–Kier alpha value is -3.32. The van der Waals surface area contributed by atoms with Gasteiger partial charge in [-0.3, -0.25) is 24.6 Å². The summed E-state index contributed by atoms with van der Waals surface area (Å²) in [6, 6.07) is 11.0. The molecule has 0 radical (unpaired) electrons. The summed E-state index contributed by atoms with van der Waals surface area (Å²) in [6.45, 7) is 5.11. The van der Waals surface area contributed by atoms with Crippen LogP contribution in [0, 0.1) is 10.1 Å². The number of benzene rings is 2. The summed E-state index contributed by atoms with van der Waals surface area (Å²) in [6.07, 6.45) is 0. The van der Waals surface area contributed by atoms with Crippen molar-refractivity contribution in [3.63, 3.8) is 0 Å². The lowest BCUT2D eigenvalue weighted by molar-refractivity contribution is -0.385. The van der Waals surface area contributed by atoms with Gasteiger partial charge in [-0.25, -0.2) is 4.99 Å². The van der Waals surface area contributed by atoms with Gasteiger partial charge >= 0.3 is 5.97 Å². The molecule has 1 heterocycles. The number of alkyl halides is 1. The van der Waals surface area contributed by atoms with Crippen LogP contribution in [0.3, 0.4) is 0 Å². The maximum Gasteiger partial charge on any atom is 0.326 e. The number of non-ortho nitro benzene ring substituents is 1. The van der Waals surface area contributed by atoms with E-state index in [0.29, 0.717) is 22.0 Å². The number of carbonyl (C=O) groups excluding carboxylic acids is 2. The van der Waals surface area contributed by atoms with Gasteiger partial charge in [0.1, 0.15) is 12.1 Å². The monoisotopic (exact) mass is 564 g/mol. The van der Waals surface area contributed by atoms with Crippen molar-refractivity contribution < 1.29 is 19.2 Å². The molecular formula is C22H25BrN6O5S. The van der Waals surface area contributed by atoms with Crippen molar-refractivity contribution >= 4 is 68.3 Å². The van der Waals surface area contributed by atoms with Crippen LogP contribution in [0.5, 0.6) is 0 Å². The molecule has 1 aliphatic heterocycles. The van der Waals surface area contributed by atoms with Gasteiger partial charge in [-0.05, 0) is 51.1 Å². The molecule has 0 saturated heterocycles. The van der Waals surface area contributed by atoms with E-state index in [1.165, 1.54) is 28.8 Å². The lowest BCUT2D eigenvalue weighted by Crippen LogP contribution is -2.50. The third kappa shape index (κ3) is 6.42. The van der Waals surface area contributed by atoms with Crippen LogP contribution in [0.1, 0.15) is 20.8 Å². The molecule has 11 nitrogen and oxygen atoms in total. The topological polar surface area (TPSA) is 157 Å². The van der Waals surface area contributed by atoms with Gasteiger partial charge in [0.25, 0.3) is 5.69 Å². The first-order valence-electron chi connectivity index (χ1n) is 10.4. The van der Waals surface area contributed by atoms with Gasteiger partial charge in [-0.1, -0.05) is 27.7 Å². The SMILES string of the molecule is CC(C)(C)OC(=O)CN1c2ccc([N+](=O)[O-])cc2SC1N(C(=O)CBr)c1ccc(N=C(N)N)cc1. The van der Waals surface area contributed by atoms with Gasteiger partial charge < -0.3 is 21.1 Å². The van der Waals surface area contributed by atoms with E-state index < -0.39 is 22.0 Å². The molecule has 0 bridgehead atoms. The minimum atomic E-state index is -0.710. The van der Waals surface area contributed by atoms with Crippen molar-refractivity contribution in [2.75, 3.05) is 21.7 Å². The zero-order chi connectivity index (χ0) is 25.9. The molecule has 1 amide bonds. The molecule has 0 saturated carbocycles. The highest BCUT2D eigenvalue weighted by Crippen LogP contribution is 2.47. The Morgan fingerprint density at radius 3 is 2.43 bits per heavy atom. The summed E-state index contributed by atoms with van der Waals surface area (Å²) in [4.78, 5) is 44.5. The smallest absolute Gasteiger partial charge is 0.326 e. The van der Waals surface area contributed by atoms with Crippen LogP contribution in [-0.4, -0.2) is 45.7 Å². The number of ether oxygens (including phenoxy) is 1. The Morgan fingerprint density at radius 1 is 1.23 bits per heavy atom. The van der Waals surface area contributed by atoms with Crippen LogP contribution >= 0.6 is 27.7 Å². The number of guanidine groups is 1. The Morgan fingerprint density at radius 2 is 1.89 bits per heavy atom. The number of nitro groups is 1. The first-order chi connectivity index (χ1) is 16.4. The van der Waals surface area contributed by atoms with Crippen LogP contribution in [0.4, 0.5) is 22.7 Å². The largest absolute Gasteiger partial charge is 0.459 e. The van der Waals surface area contributed by atoms with Crippen molar-refractivity contribution in [2.45, 2.75) is 36.8 Å². The van der Waals surface area contributed by atoms with E-state index in [1.807, 2.05) is 0 Å². The Balaban J connectivity index is 2.05. The van der Waals surface area contributed by atoms with Crippen molar-refractivity contribution in [3.05, 3.63) is 52.6 Å². The summed E-state index contributed by atoms with van der Waals surface area (Å²) in [7, 11) is 0. The molecule has 0 fully saturated rings. The number of esters is 1. The summed E-state index contributed by atoms with van der Waals surface area (Å²) in [5.41, 5.74) is 11.0. The number of anilines is 2. The fraction of sp³-hybridized carbons (Fsp3) is 0.318. The second-order valence-corrected chi connectivity index (χ2v) is 10.2. The molecule has 1 aliphatic rings. The summed E-state index contributed by atoms with van der Waals surface area (Å²) in [5, 5.41) is 11.3. The van der Waals surface area contributed by atoms with Crippen molar-refractivity contribution in [1.82, 2.24) is 0 Å². The van der Waals surface area contributed by atoms with Crippen LogP contribution < -0.4 is 21.3 Å². The summed E-state index contributed by atoms with van der Waals surface area (Å²) >= 11 is 4.46. The van der Waals surface area contributed by atoms with E-state index in [0.717, 1.165) is 0 Å². The predicted molar refractivity (Wildman–Crippen MR) is 139 cm³/mol. The second kappa shape index (κ2) is 10.5. The quantitative estimate of drug-likeness (QED) is 0.128. The Bertz CT molecular complexity index is 1160. The molecule has 2 aromatic carbocycles. The molecule has 3 rings (SSSR count). The van der Waals surface area contributed by atoms with E-state index in [1.54, 1.807) is 56.0 Å². The summed E-state index contributed by atoms with van der Waals surface area (Å²) < 4.78 is 5.50. The fourth-order valence-corrected chi connectivity index (χ4v) is 5.06. The number of hydrogen-bond donors (Lipinski definition) is 2. The molecule has 1 atom stereocenters. The highest BCUT2D eigenvalue weighted by molar-refractivity contribution is 9.09. The van der Waals surface area contributed by atoms with E-state index in [2.05, 4.69) is 20.9 Å². The zero-order valence-electron chi connectivity index (χ0n) is 19.3. The van der Waals surface area contributed by atoms with Crippen LogP contribution in [0.25, 0.3) is 0 Å². The number of thioether (sulfide) groups is 1. The molecule has 186 valence electrons. The predicted octanol–water partition coefficient (Wildman–Crippen LogP) is 3.47. The van der Waals surface area contributed by atoms with Gasteiger partial charge in [0.05, 0.1) is 21.6 Å². The van der Waals surface area contributed by atoms with Gasteiger partial charge in [0, 0.05) is 22.7 Å². The molecule has 35 heavy (non-hydrogen) atoms. The zero-order valence-corrected chi connectivity index (χ0v) is 21.7. The number of aliphatic imine (C=N–C) groups is 1. The van der Waals surface area contributed by atoms with E-state index in [9.17, 15) is 19.7 Å². The van der Waals surface area contributed by atoms with E-state index >= 15 is 0 Å².